The van der Waals surface area contributed by atoms with Gasteiger partial charge in [-0.2, -0.15) is 0 Å². The molecule has 2 rings (SSSR count). The van der Waals surface area contributed by atoms with E-state index in [0.717, 1.165) is 31.6 Å². The lowest BCUT2D eigenvalue weighted by Gasteiger charge is -2.24. The molecule has 0 N–H and O–H groups in total. The Morgan fingerprint density at radius 1 is 1.12 bits per heavy atom. The van der Waals surface area contributed by atoms with Crippen LogP contribution in [0.4, 0.5) is 10.1 Å². The second kappa shape index (κ2) is 5.10. The van der Waals surface area contributed by atoms with E-state index in [9.17, 15) is 9.18 Å². The van der Waals surface area contributed by atoms with Crippen LogP contribution in [0.25, 0.3) is 0 Å². The van der Waals surface area contributed by atoms with Crippen LogP contribution in [-0.4, -0.2) is 19.4 Å². The van der Waals surface area contributed by atoms with Crippen molar-refractivity contribution in [3.63, 3.8) is 0 Å². The molecule has 0 atom stereocenters. The fourth-order valence-electron chi connectivity index (χ4n) is 2.23. The first kappa shape index (κ1) is 11.1. The predicted molar refractivity (Wildman–Crippen MR) is 62.5 cm³/mol. The quantitative estimate of drug-likeness (QED) is 0.715. The molecule has 3 heteroatoms. The van der Waals surface area contributed by atoms with Crippen LogP contribution >= 0.6 is 0 Å². The zero-order valence-electron chi connectivity index (χ0n) is 9.29. The average molecular weight is 221 g/mol. The minimum absolute atomic E-state index is 0.199. The van der Waals surface area contributed by atoms with E-state index < -0.39 is 5.82 Å². The molecule has 2 nitrogen and oxygen atoms in total. The van der Waals surface area contributed by atoms with E-state index in [1.165, 1.54) is 18.9 Å². The molecule has 1 aliphatic rings. The van der Waals surface area contributed by atoms with Crippen LogP contribution in [0.15, 0.2) is 18.2 Å². The highest BCUT2D eigenvalue weighted by atomic mass is 19.1. The van der Waals surface area contributed by atoms with Gasteiger partial charge in [-0.05, 0) is 25.0 Å². The first-order valence-corrected chi connectivity index (χ1v) is 5.81. The standard InChI is InChI=1S/C13H16FNO/c14-12-6-5-7-13(11(12)10-16)15-8-3-1-2-4-9-15/h5-7,10H,1-4,8-9H2. The Balaban J connectivity index is 2.30. The fraction of sp³-hybridized carbons (Fsp3) is 0.462. The van der Waals surface area contributed by atoms with Crippen molar-refractivity contribution < 1.29 is 9.18 Å². The van der Waals surface area contributed by atoms with Crippen molar-refractivity contribution in [2.24, 2.45) is 0 Å². The third-order valence-corrected chi connectivity index (χ3v) is 3.09. The summed E-state index contributed by atoms with van der Waals surface area (Å²) in [6.45, 7) is 1.84. The van der Waals surface area contributed by atoms with Crippen LogP contribution in [-0.2, 0) is 0 Å². The third kappa shape index (κ3) is 2.23. The highest BCUT2D eigenvalue weighted by Gasteiger charge is 2.15. The second-order valence-electron chi connectivity index (χ2n) is 4.19. The molecule has 0 aromatic heterocycles. The highest BCUT2D eigenvalue weighted by molar-refractivity contribution is 5.85. The van der Waals surface area contributed by atoms with Crippen LogP contribution in [0.2, 0.25) is 0 Å². The van der Waals surface area contributed by atoms with Gasteiger partial charge in [0.2, 0.25) is 0 Å². The molecule has 1 aromatic rings. The minimum atomic E-state index is -0.420. The predicted octanol–water partition coefficient (Wildman–Crippen LogP) is 3.02. The van der Waals surface area contributed by atoms with E-state index >= 15 is 0 Å². The van der Waals surface area contributed by atoms with Crippen molar-refractivity contribution in [1.29, 1.82) is 0 Å². The van der Waals surface area contributed by atoms with Crippen LogP contribution in [0, 0.1) is 5.82 Å². The van der Waals surface area contributed by atoms with Crippen molar-refractivity contribution in [2.75, 3.05) is 18.0 Å². The van der Waals surface area contributed by atoms with Crippen molar-refractivity contribution in [1.82, 2.24) is 0 Å². The lowest BCUT2D eigenvalue weighted by atomic mass is 10.1. The van der Waals surface area contributed by atoms with Crippen LogP contribution in [0.5, 0.6) is 0 Å². The van der Waals surface area contributed by atoms with Gasteiger partial charge >= 0.3 is 0 Å². The Bertz CT molecular complexity index is 370. The van der Waals surface area contributed by atoms with E-state index in [-0.39, 0.29) is 5.56 Å². The van der Waals surface area contributed by atoms with Crippen molar-refractivity contribution in [2.45, 2.75) is 25.7 Å². The Morgan fingerprint density at radius 3 is 2.44 bits per heavy atom. The van der Waals surface area contributed by atoms with Crippen LogP contribution in [0.3, 0.4) is 0 Å². The zero-order chi connectivity index (χ0) is 11.4. The average Bonchev–Trinajstić information content (AvgIpc) is 2.57. The highest BCUT2D eigenvalue weighted by Crippen LogP contribution is 2.24. The maximum Gasteiger partial charge on any atom is 0.155 e. The summed E-state index contributed by atoms with van der Waals surface area (Å²) in [5.41, 5.74) is 0.946. The topological polar surface area (TPSA) is 20.3 Å². The van der Waals surface area contributed by atoms with E-state index in [1.807, 2.05) is 6.07 Å². The zero-order valence-corrected chi connectivity index (χ0v) is 9.29. The Labute approximate surface area is 95.1 Å². The summed E-state index contributed by atoms with van der Waals surface area (Å²) < 4.78 is 13.4. The van der Waals surface area contributed by atoms with E-state index in [4.69, 9.17) is 0 Å². The molecule has 1 saturated heterocycles. The summed E-state index contributed by atoms with van der Waals surface area (Å²) in [6.07, 6.45) is 5.31. The van der Waals surface area contributed by atoms with Gasteiger partial charge in [0, 0.05) is 13.1 Å². The molecule has 0 unspecified atom stereocenters. The summed E-state index contributed by atoms with van der Waals surface area (Å²) in [4.78, 5) is 13.0. The number of halogens is 1. The smallest absolute Gasteiger partial charge is 0.155 e. The monoisotopic (exact) mass is 221 g/mol. The van der Waals surface area contributed by atoms with Crippen LogP contribution in [0.1, 0.15) is 36.0 Å². The molecule has 0 aliphatic carbocycles. The van der Waals surface area contributed by atoms with Crippen molar-refractivity contribution in [3.8, 4) is 0 Å². The maximum atomic E-state index is 13.4. The van der Waals surface area contributed by atoms with Gasteiger partial charge in [0.05, 0.1) is 11.3 Å². The van der Waals surface area contributed by atoms with E-state index in [1.54, 1.807) is 6.07 Å². The third-order valence-electron chi connectivity index (χ3n) is 3.09. The maximum absolute atomic E-state index is 13.4. The number of hydrogen-bond donors (Lipinski definition) is 0. The summed E-state index contributed by atoms with van der Waals surface area (Å²) >= 11 is 0. The summed E-state index contributed by atoms with van der Waals surface area (Å²) in [7, 11) is 0. The van der Waals surface area contributed by atoms with Gasteiger partial charge in [-0.25, -0.2) is 4.39 Å². The SMILES string of the molecule is O=Cc1c(F)cccc1N1CCCCCC1. The molecule has 16 heavy (non-hydrogen) atoms. The van der Waals surface area contributed by atoms with Gasteiger partial charge in [0.15, 0.2) is 6.29 Å². The lowest BCUT2D eigenvalue weighted by Crippen LogP contribution is -2.25. The van der Waals surface area contributed by atoms with Gasteiger partial charge in [-0.1, -0.05) is 18.9 Å². The first-order valence-electron chi connectivity index (χ1n) is 5.81. The van der Waals surface area contributed by atoms with Gasteiger partial charge in [-0.15, -0.1) is 0 Å². The molecule has 0 radical (unpaired) electrons. The molecule has 1 aromatic carbocycles. The minimum Gasteiger partial charge on any atom is -0.371 e. The Hall–Kier alpha value is -1.38. The molecule has 1 fully saturated rings. The number of benzene rings is 1. The van der Waals surface area contributed by atoms with E-state index in [0.29, 0.717) is 6.29 Å². The molecule has 0 saturated carbocycles. The normalized spacial score (nSPS) is 16.9. The molecule has 0 bridgehead atoms. The van der Waals surface area contributed by atoms with Crippen LogP contribution < -0.4 is 4.90 Å². The molecule has 1 heterocycles. The number of aldehydes is 1. The summed E-state index contributed by atoms with van der Waals surface area (Å²) in [5, 5.41) is 0. The largest absolute Gasteiger partial charge is 0.371 e. The molecule has 0 spiro atoms. The number of hydrogen-bond acceptors (Lipinski definition) is 2. The molecular formula is C13H16FNO. The number of carbonyl (C=O) groups is 1. The van der Waals surface area contributed by atoms with Crippen molar-refractivity contribution >= 4 is 12.0 Å². The lowest BCUT2D eigenvalue weighted by molar-refractivity contribution is 0.112. The number of nitrogens with zero attached hydrogens (tertiary/aromatic N) is 1. The van der Waals surface area contributed by atoms with Gasteiger partial charge < -0.3 is 4.90 Å². The van der Waals surface area contributed by atoms with Crippen molar-refractivity contribution in [3.05, 3.63) is 29.6 Å². The molecule has 86 valence electrons. The summed E-state index contributed by atoms with van der Waals surface area (Å²) in [6, 6.07) is 4.84. The number of rotatable bonds is 2. The Morgan fingerprint density at radius 2 is 1.81 bits per heavy atom. The molecule has 0 amide bonds. The fourth-order valence-corrected chi connectivity index (χ4v) is 2.23. The van der Waals surface area contributed by atoms with Gasteiger partial charge in [-0.3, -0.25) is 4.79 Å². The van der Waals surface area contributed by atoms with Gasteiger partial charge in [0.1, 0.15) is 5.82 Å². The van der Waals surface area contributed by atoms with E-state index in [2.05, 4.69) is 4.90 Å². The number of anilines is 1. The summed E-state index contributed by atoms with van der Waals surface area (Å²) in [5.74, 6) is -0.420. The first-order chi connectivity index (χ1) is 7.83. The molecule has 1 aliphatic heterocycles. The number of carbonyl (C=O) groups excluding carboxylic acids is 1. The second-order valence-corrected chi connectivity index (χ2v) is 4.19. The van der Waals surface area contributed by atoms with Gasteiger partial charge in [0.25, 0.3) is 0 Å². The Kier molecular flexibility index (Phi) is 3.54. The molecular weight excluding hydrogens is 205 g/mol.